The summed E-state index contributed by atoms with van der Waals surface area (Å²) >= 11 is 11.7. The monoisotopic (exact) mass is 402 g/mol. The topological polar surface area (TPSA) is 83.1 Å². The fourth-order valence-corrected chi connectivity index (χ4v) is 2.79. The lowest BCUT2D eigenvalue weighted by atomic mass is 10.1. The molecule has 8 heteroatoms. The Labute approximate surface area is 165 Å². The molecule has 1 aromatic heterocycles. The molecular formula is C19H16Cl2N4O2. The second-order valence-electron chi connectivity index (χ2n) is 5.67. The van der Waals surface area contributed by atoms with Gasteiger partial charge in [0.05, 0.1) is 15.7 Å². The molecule has 0 aliphatic heterocycles. The number of rotatable bonds is 5. The van der Waals surface area contributed by atoms with Gasteiger partial charge in [-0.3, -0.25) is 9.78 Å². The lowest BCUT2D eigenvalue weighted by Crippen LogP contribution is -2.36. The number of hydrogen-bond acceptors (Lipinski definition) is 3. The van der Waals surface area contributed by atoms with Crippen molar-refractivity contribution in [2.24, 2.45) is 0 Å². The summed E-state index contributed by atoms with van der Waals surface area (Å²) < 4.78 is 0. The molecule has 0 aliphatic rings. The maximum absolute atomic E-state index is 12.1. The van der Waals surface area contributed by atoms with E-state index in [4.69, 9.17) is 23.2 Å². The highest BCUT2D eigenvalue weighted by molar-refractivity contribution is 6.42. The van der Waals surface area contributed by atoms with E-state index in [1.165, 1.54) is 6.07 Å². The van der Waals surface area contributed by atoms with Crippen molar-refractivity contribution in [3.8, 4) is 0 Å². The predicted octanol–water partition coefficient (Wildman–Crippen LogP) is 4.09. The molecular weight excluding hydrogens is 387 g/mol. The number of halogens is 2. The van der Waals surface area contributed by atoms with E-state index in [9.17, 15) is 9.59 Å². The quantitative estimate of drug-likeness (QED) is 0.561. The van der Waals surface area contributed by atoms with E-state index in [1.807, 2.05) is 24.3 Å². The molecule has 0 fully saturated rings. The summed E-state index contributed by atoms with van der Waals surface area (Å²) in [5.41, 5.74) is 1.09. The molecule has 0 bridgehead atoms. The van der Waals surface area contributed by atoms with Gasteiger partial charge in [-0.15, -0.1) is 0 Å². The molecule has 0 atom stereocenters. The number of anilines is 1. The molecule has 0 saturated heterocycles. The van der Waals surface area contributed by atoms with E-state index in [-0.39, 0.29) is 25.0 Å². The second kappa shape index (κ2) is 8.70. The van der Waals surface area contributed by atoms with E-state index in [2.05, 4.69) is 20.9 Å². The number of pyridine rings is 1. The fraction of sp³-hybridized carbons (Fsp3) is 0.105. The molecule has 3 rings (SSSR count). The molecule has 0 radical (unpaired) electrons. The van der Waals surface area contributed by atoms with Gasteiger partial charge in [0, 0.05) is 41.8 Å². The average Bonchev–Trinajstić information content (AvgIpc) is 2.67. The van der Waals surface area contributed by atoms with Crippen LogP contribution in [0.4, 0.5) is 10.5 Å². The normalized spacial score (nSPS) is 10.4. The van der Waals surface area contributed by atoms with E-state index >= 15 is 0 Å². The molecule has 3 amide bonds. The number of carbonyl (C=O) groups excluding carboxylic acids is 2. The van der Waals surface area contributed by atoms with Crippen molar-refractivity contribution in [2.45, 2.75) is 0 Å². The number of carbonyl (C=O) groups is 2. The van der Waals surface area contributed by atoms with Gasteiger partial charge in [0.25, 0.3) is 5.91 Å². The van der Waals surface area contributed by atoms with Crippen LogP contribution in [0.2, 0.25) is 10.0 Å². The van der Waals surface area contributed by atoms with E-state index in [0.29, 0.717) is 21.3 Å². The Morgan fingerprint density at radius 1 is 0.963 bits per heavy atom. The molecule has 27 heavy (non-hydrogen) atoms. The van der Waals surface area contributed by atoms with E-state index in [0.717, 1.165) is 10.8 Å². The number of hydrogen-bond donors (Lipinski definition) is 3. The van der Waals surface area contributed by atoms with Crippen molar-refractivity contribution in [3.63, 3.8) is 0 Å². The highest BCUT2D eigenvalue weighted by Gasteiger charge is 2.08. The third-order valence-corrected chi connectivity index (χ3v) is 4.55. The third kappa shape index (κ3) is 4.87. The Bertz CT molecular complexity index is 989. The summed E-state index contributed by atoms with van der Waals surface area (Å²) in [6, 6.07) is 11.7. The summed E-state index contributed by atoms with van der Waals surface area (Å²) in [4.78, 5) is 28.2. The van der Waals surface area contributed by atoms with Gasteiger partial charge in [-0.1, -0.05) is 35.3 Å². The minimum Gasteiger partial charge on any atom is -0.350 e. The molecule has 0 unspecified atom stereocenters. The largest absolute Gasteiger partial charge is 0.350 e. The zero-order chi connectivity index (χ0) is 19.2. The van der Waals surface area contributed by atoms with Crippen LogP contribution >= 0.6 is 23.2 Å². The van der Waals surface area contributed by atoms with E-state index < -0.39 is 0 Å². The van der Waals surface area contributed by atoms with Crippen molar-refractivity contribution in [1.29, 1.82) is 0 Å². The first kappa shape index (κ1) is 18.9. The SMILES string of the molecule is O=C(NCCNC(=O)c1ccc(Cl)c(Cl)c1)Nc1cccc2cnccc12. The van der Waals surface area contributed by atoms with Crippen LogP contribution in [0.25, 0.3) is 10.8 Å². The summed E-state index contributed by atoms with van der Waals surface area (Å²) in [5.74, 6) is -0.294. The van der Waals surface area contributed by atoms with Crippen LogP contribution < -0.4 is 16.0 Å². The molecule has 0 spiro atoms. The number of benzene rings is 2. The van der Waals surface area contributed by atoms with Crippen molar-refractivity contribution >= 4 is 51.6 Å². The van der Waals surface area contributed by atoms with Gasteiger partial charge < -0.3 is 16.0 Å². The van der Waals surface area contributed by atoms with Gasteiger partial charge in [-0.05, 0) is 30.3 Å². The van der Waals surface area contributed by atoms with Crippen molar-refractivity contribution in [1.82, 2.24) is 15.6 Å². The molecule has 0 aliphatic carbocycles. The van der Waals surface area contributed by atoms with Gasteiger partial charge >= 0.3 is 6.03 Å². The van der Waals surface area contributed by atoms with Crippen molar-refractivity contribution in [2.75, 3.05) is 18.4 Å². The number of nitrogens with zero attached hydrogens (tertiary/aromatic N) is 1. The van der Waals surface area contributed by atoms with Gasteiger partial charge in [-0.2, -0.15) is 0 Å². The highest BCUT2D eigenvalue weighted by atomic mass is 35.5. The van der Waals surface area contributed by atoms with Crippen LogP contribution in [0.5, 0.6) is 0 Å². The fourth-order valence-electron chi connectivity index (χ4n) is 2.49. The number of urea groups is 1. The summed E-state index contributed by atoms with van der Waals surface area (Å²) in [7, 11) is 0. The molecule has 1 heterocycles. The first-order valence-corrected chi connectivity index (χ1v) is 8.91. The standard InChI is InChI=1S/C19H16Cl2N4O2/c20-15-5-4-12(10-16(15)21)18(26)23-8-9-24-19(27)25-17-3-1-2-13-11-22-7-6-14(13)17/h1-7,10-11H,8-9H2,(H,23,26)(H2,24,25,27). The van der Waals surface area contributed by atoms with Crippen LogP contribution in [0.1, 0.15) is 10.4 Å². The second-order valence-corrected chi connectivity index (χ2v) is 6.48. The lowest BCUT2D eigenvalue weighted by Gasteiger charge is -2.10. The van der Waals surface area contributed by atoms with Crippen LogP contribution in [-0.2, 0) is 0 Å². The zero-order valence-electron chi connectivity index (χ0n) is 14.1. The Morgan fingerprint density at radius 2 is 1.78 bits per heavy atom. The minimum atomic E-state index is -0.358. The maximum atomic E-state index is 12.1. The van der Waals surface area contributed by atoms with Gasteiger partial charge in [0.15, 0.2) is 0 Å². The van der Waals surface area contributed by atoms with Gasteiger partial charge in [0.1, 0.15) is 0 Å². The van der Waals surface area contributed by atoms with Crippen LogP contribution in [0, 0.1) is 0 Å². The summed E-state index contributed by atoms with van der Waals surface area (Å²) in [6.07, 6.45) is 3.40. The van der Waals surface area contributed by atoms with Crippen molar-refractivity contribution in [3.05, 3.63) is 70.5 Å². The molecule has 3 N–H and O–H groups in total. The number of amides is 3. The first-order valence-electron chi connectivity index (χ1n) is 8.15. The van der Waals surface area contributed by atoms with Crippen LogP contribution in [0.3, 0.4) is 0 Å². The zero-order valence-corrected chi connectivity index (χ0v) is 15.6. The predicted molar refractivity (Wildman–Crippen MR) is 108 cm³/mol. The summed E-state index contributed by atoms with van der Waals surface area (Å²) in [5, 5.41) is 10.7. The lowest BCUT2D eigenvalue weighted by molar-refractivity contribution is 0.0954. The molecule has 0 saturated carbocycles. The Balaban J connectivity index is 1.48. The number of fused-ring (bicyclic) bond motifs is 1. The van der Waals surface area contributed by atoms with E-state index in [1.54, 1.807) is 24.5 Å². The highest BCUT2D eigenvalue weighted by Crippen LogP contribution is 2.23. The van der Waals surface area contributed by atoms with Gasteiger partial charge in [0.2, 0.25) is 0 Å². The maximum Gasteiger partial charge on any atom is 0.319 e. The molecule has 6 nitrogen and oxygen atoms in total. The first-order chi connectivity index (χ1) is 13.0. The van der Waals surface area contributed by atoms with Crippen molar-refractivity contribution < 1.29 is 9.59 Å². The number of nitrogens with one attached hydrogen (secondary N) is 3. The molecule has 3 aromatic rings. The number of aromatic nitrogens is 1. The minimum absolute atomic E-state index is 0.269. The smallest absolute Gasteiger partial charge is 0.319 e. The third-order valence-electron chi connectivity index (χ3n) is 3.81. The Hall–Kier alpha value is -2.83. The molecule has 2 aromatic carbocycles. The van der Waals surface area contributed by atoms with Gasteiger partial charge in [-0.25, -0.2) is 4.79 Å². The van der Waals surface area contributed by atoms with Crippen LogP contribution in [0.15, 0.2) is 54.9 Å². The Kier molecular flexibility index (Phi) is 6.11. The average molecular weight is 403 g/mol. The Morgan fingerprint density at radius 3 is 2.59 bits per heavy atom. The van der Waals surface area contributed by atoms with Crippen LogP contribution in [-0.4, -0.2) is 30.0 Å². The molecule has 138 valence electrons. The summed E-state index contributed by atoms with van der Waals surface area (Å²) in [6.45, 7) is 0.539.